The number of hydrogen-bond acceptors (Lipinski definition) is 5. The van der Waals surface area contributed by atoms with E-state index in [4.69, 9.17) is 4.42 Å². The summed E-state index contributed by atoms with van der Waals surface area (Å²) in [5, 5.41) is 32.0. The third-order valence-corrected chi connectivity index (χ3v) is 5.31. The average Bonchev–Trinajstić information content (AvgIpc) is 2.69. The molecule has 0 saturated carbocycles. The van der Waals surface area contributed by atoms with E-state index in [9.17, 15) is 20.1 Å². The Morgan fingerprint density at radius 3 is 2.13 bits per heavy atom. The smallest absolute Gasteiger partial charge is 0.204 e. The molecule has 0 aliphatic carbocycles. The van der Waals surface area contributed by atoms with Crippen LogP contribution in [0.2, 0.25) is 0 Å². The lowest BCUT2D eigenvalue weighted by atomic mass is 9.95. The maximum atomic E-state index is 13.4. The highest BCUT2D eigenvalue weighted by atomic mass is 16.3. The number of fused-ring (bicyclic) bond motifs is 1. The normalized spacial score (nSPS) is 10.9. The van der Waals surface area contributed by atoms with Crippen LogP contribution in [0.25, 0.3) is 22.1 Å². The Kier molecular flexibility index (Phi) is 6.25. The minimum atomic E-state index is -0.418. The van der Waals surface area contributed by atoms with E-state index in [0.29, 0.717) is 28.7 Å². The number of phenols is 3. The second-order valence-electron chi connectivity index (χ2n) is 8.31. The first-order valence-electron chi connectivity index (χ1n) is 10.2. The first-order chi connectivity index (χ1) is 14.6. The summed E-state index contributed by atoms with van der Waals surface area (Å²) in [5.74, 6) is -0.276. The van der Waals surface area contributed by atoms with Gasteiger partial charge in [0.2, 0.25) is 5.43 Å². The van der Waals surface area contributed by atoms with Gasteiger partial charge in [-0.25, -0.2) is 0 Å². The number of aryl methyl sites for hydroxylation is 1. The number of phenolic OH excluding ortho intramolecular Hbond substituents is 3. The lowest BCUT2D eigenvalue weighted by molar-refractivity contribution is 0.438. The molecule has 0 saturated heterocycles. The minimum Gasteiger partial charge on any atom is -0.508 e. The standard InChI is InChI=1S/C26H28O5/c1-14(2)6-10-18-23(28)19(11-7-15(3)4)26-22(24(18)29)25(30)20(13-31-26)17-9-8-16(5)21(27)12-17/h6-9,12-13,27-29H,10-11H2,1-5H3. The van der Waals surface area contributed by atoms with Crippen LogP contribution in [-0.4, -0.2) is 15.3 Å². The number of hydrogen-bond donors (Lipinski definition) is 3. The molecule has 2 aromatic carbocycles. The summed E-state index contributed by atoms with van der Waals surface area (Å²) < 4.78 is 5.81. The van der Waals surface area contributed by atoms with E-state index in [0.717, 1.165) is 11.1 Å². The van der Waals surface area contributed by atoms with Crippen LogP contribution in [0.15, 0.2) is 57.0 Å². The van der Waals surface area contributed by atoms with Gasteiger partial charge in [0.15, 0.2) is 0 Å². The first-order valence-corrected chi connectivity index (χ1v) is 10.2. The van der Waals surface area contributed by atoms with Crippen molar-refractivity contribution in [2.75, 3.05) is 0 Å². The molecule has 3 rings (SSSR count). The van der Waals surface area contributed by atoms with Gasteiger partial charge in [0.1, 0.15) is 34.5 Å². The van der Waals surface area contributed by atoms with Crippen molar-refractivity contribution in [2.24, 2.45) is 0 Å². The summed E-state index contributed by atoms with van der Waals surface area (Å²) in [6.45, 7) is 9.51. The number of aromatic hydroxyl groups is 3. The third kappa shape index (κ3) is 4.36. The maximum absolute atomic E-state index is 13.4. The quantitative estimate of drug-likeness (QED) is 0.447. The van der Waals surface area contributed by atoms with Gasteiger partial charge in [-0.2, -0.15) is 0 Å². The number of rotatable bonds is 5. The van der Waals surface area contributed by atoms with E-state index in [1.54, 1.807) is 19.1 Å². The summed E-state index contributed by atoms with van der Waals surface area (Å²) >= 11 is 0. The van der Waals surface area contributed by atoms with E-state index in [-0.39, 0.29) is 40.2 Å². The predicted molar refractivity (Wildman–Crippen MR) is 124 cm³/mol. The Labute approximate surface area is 181 Å². The maximum Gasteiger partial charge on any atom is 0.204 e. The molecular formula is C26H28O5. The van der Waals surface area contributed by atoms with Crippen LogP contribution in [0, 0.1) is 6.92 Å². The molecule has 162 valence electrons. The average molecular weight is 421 g/mol. The van der Waals surface area contributed by atoms with Crippen molar-refractivity contribution in [3.8, 4) is 28.4 Å². The highest BCUT2D eigenvalue weighted by Gasteiger charge is 2.23. The topological polar surface area (TPSA) is 90.9 Å². The Hall–Kier alpha value is -3.47. The summed E-state index contributed by atoms with van der Waals surface area (Å²) in [5.41, 5.74) is 3.99. The van der Waals surface area contributed by atoms with Gasteiger partial charge in [-0.05, 0) is 64.7 Å². The van der Waals surface area contributed by atoms with Crippen molar-refractivity contribution in [2.45, 2.75) is 47.5 Å². The highest BCUT2D eigenvalue weighted by Crippen LogP contribution is 2.40. The van der Waals surface area contributed by atoms with E-state index in [1.165, 1.54) is 12.3 Å². The minimum absolute atomic E-state index is 0.0321. The SMILES string of the molecule is CC(C)=CCc1c(O)c(CC=C(C)C)c2occ(-c3ccc(C)c(O)c3)c(=O)c2c1O. The summed E-state index contributed by atoms with van der Waals surface area (Å²) in [4.78, 5) is 13.4. The second-order valence-corrected chi connectivity index (χ2v) is 8.31. The molecule has 0 bridgehead atoms. The van der Waals surface area contributed by atoms with Crippen LogP contribution in [0.4, 0.5) is 0 Å². The van der Waals surface area contributed by atoms with Gasteiger partial charge in [-0.1, -0.05) is 35.4 Å². The molecule has 3 N–H and O–H groups in total. The first kappa shape index (κ1) is 22.2. The zero-order valence-corrected chi connectivity index (χ0v) is 18.5. The monoisotopic (exact) mass is 420 g/mol. The number of benzene rings is 2. The highest BCUT2D eigenvalue weighted by molar-refractivity contribution is 5.92. The molecule has 0 aliphatic rings. The second kappa shape index (κ2) is 8.72. The molecule has 0 radical (unpaired) electrons. The van der Waals surface area contributed by atoms with Crippen molar-refractivity contribution < 1.29 is 19.7 Å². The molecule has 0 atom stereocenters. The van der Waals surface area contributed by atoms with E-state index < -0.39 is 5.43 Å². The fourth-order valence-electron chi connectivity index (χ4n) is 3.43. The van der Waals surface area contributed by atoms with Gasteiger partial charge in [0, 0.05) is 11.1 Å². The van der Waals surface area contributed by atoms with Crippen LogP contribution in [0.3, 0.4) is 0 Å². The fraction of sp³-hybridized carbons (Fsp3) is 0.269. The van der Waals surface area contributed by atoms with Crippen molar-refractivity contribution >= 4 is 11.0 Å². The van der Waals surface area contributed by atoms with Gasteiger partial charge in [0.05, 0.1) is 5.56 Å². The fourth-order valence-corrected chi connectivity index (χ4v) is 3.43. The third-order valence-electron chi connectivity index (χ3n) is 5.31. The Morgan fingerprint density at radius 2 is 1.55 bits per heavy atom. The van der Waals surface area contributed by atoms with Crippen molar-refractivity contribution in [1.82, 2.24) is 0 Å². The Balaban J connectivity index is 2.37. The van der Waals surface area contributed by atoms with Gasteiger partial charge in [-0.3, -0.25) is 4.79 Å². The van der Waals surface area contributed by atoms with Gasteiger partial charge in [0.25, 0.3) is 0 Å². The van der Waals surface area contributed by atoms with Crippen LogP contribution in [0.5, 0.6) is 17.2 Å². The molecule has 0 spiro atoms. The van der Waals surface area contributed by atoms with E-state index in [2.05, 4.69) is 0 Å². The molecule has 0 unspecified atom stereocenters. The largest absolute Gasteiger partial charge is 0.508 e. The van der Waals surface area contributed by atoms with Crippen LogP contribution in [0.1, 0.15) is 44.4 Å². The number of allylic oxidation sites excluding steroid dienone is 4. The molecule has 0 aliphatic heterocycles. The zero-order chi connectivity index (χ0) is 22.9. The van der Waals surface area contributed by atoms with Gasteiger partial charge >= 0.3 is 0 Å². The van der Waals surface area contributed by atoms with Crippen LogP contribution >= 0.6 is 0 Å². The van der Waals surface area contributed by atoms with Crippen molar-refractivity contribution in [3.63, 3.8) is 0 Å². The Morgan fingerprint density at radius 1 is 0.935 bits per heavy atom. The molecule has 1 aromatic heterocycles. The molecule has 3 aromatic rings. The summed E-state index contributed by atoms with van der Waals surface area (Å²) in [6, 6.07) is 4.93. The van der Waals surface area contributed by atoms with Crippen LogP contribution in [-0.2, 0) is 12.8 Å². The van der Waals surface area contributed by atoms with Crippen molar-refractivity contribution in [3.05, 3.63) is 74.7 Å². The lowest BCUT2D eigenvalue weighted by Gasteiger charge is -2.15. The summed E-state index contributed by atoms with van der Waals surface area (Å²) in [6.07, 6.45) is 5.78. The van der Waals surface area contributed by atoms with Gasteiger partial charge in [-0.15, -0.1) is 0 Å². The molecule has 5 heteroatoms. The Bertz CT molecular complexity index is 1270. The van der Waals surface area contributed by atoms with Crippen LogP contribution < -0.4 is 5.43 Å². The molecular weight excluding hydrogens is 392 g/mol. The van der Waals surface area contributed by atoms with Gasteiger partial charge < -0.3 is 19.7 Å². The predicted octanol–water partition coefficient (Wildman–Crippen LogP) is 5.90. The summed E-state index contributed by atoms with van der Waals surface area (Å²) in [7, 11) is 0. The molecule has 1 heterocycles. The van der Waals surface area contributed by atoms with E-state index in [1.807, 2.05) is 39.8 Å². The molecule has 5 nitrogen and oxygen atoms in total. The molecule has 0 fully saturated rings. The molecule has 0 amide bonds. The van der Waals surface area contributed by atoms with Crippen molar-refractivity contribution in [1.29, 1.82) is 0 Å². The molecule has 31 heavy (non-hydrogen) atoms. The lowest BCUT2D eigenvalue weighted by Crippen LogP contribution is -2.08. The zero-order valence-electron chi connectivity index (χ0n) is 18.5. The van der Waals surface area contributed by atoms with E-state index >= 15 is 0 Å².